The number of ketones is 1. The van der Waals surface area contributed by atoms with Gasteiger partial charge in [-0.25, -0.2) is 0 Å². The van der Waals surface area contributed by atoms with Crippen molar-refractivity contribution in [1.29, 1.82) is 0 Å². The van der Waals surface area contributed by atoms with E-state index in [0.29, 0.717) is 12.1 Å². The molecule has 33 heavy (non-hydrogen) atoms. The maximum Gasteiger partial charge on any atom is 0.228 e. The number of hydrogen-bond donors (Lipinski definition) is 1. The summed E-state index contributed by atoms with van der Waals surface area (Å²) in [4.78, 5) is 27.5. The Labute approximate surface area is 195 Å². The van der Waals surface area contributed by atoms with Crippen molar-refractivity contribution < 1.29 is 19.1 Å². The van der Waals surface area contributed by atoms with Crippen molar-refractivity contribution in [2.24, 2.45) is 0 Å². The number of carbonyl (C=O) groups excluding carboxylic acids is 2. The Balaban J connectivity index is 1.11. The lowest BCUT2D eigenvalue weighted by Gasteiger charge is -2.39. The Bertz CT molecular complexity index is 1030. The number of para-hydroxylation sites is 1. The van der Waals surface area contributed by atoms with Gasteiger partial charge in [-0.05, 0) is 37.3 Å². The summed E-state index contributed by atoms with van der Waals surface area (Å²) in [5.74, 6) is 0.561. The molecule has 6 nitrogen and oxygen atoms in total. The number of ether oxygens (including phenoxy) is 2. The monoisotopic (exact) mass is 448 g/mol. The van der Waals surface area contributed by atoms with Crippen molar-refractivity contribution in [3.8, 4) is 5.75 Å². The summed E-state index contributed by atoms with van der Waals surface area (Å²) in [7, 11) is 1.72. The van der Waals surface area contributed by atoms with Gasteiger partial charge in [0.05, 0.1) is 24.7 Å². The number of nitrogens with zero attached hydrogens (tertiary/aromatic N) is 1. The quantitative estimate of drug-likeness (QED) is 0.730. The van der Waals surface area contributed by atoms with Gasteiger partial charge in [0.2, 0.25) is 5.91 Å². The van der Waals surface area contributed by atoms with Crippen molar-refractivity contribution in [3.05, 3.63) is 65.2 Å². The zero-order valence-electron chi connectivity index (χ0n) is 19.2. The van der Waals surface area contributed by atoms with E-state index in [1.807, 2.05) is 36.4 Å². The first kappa shape index (κ1) is 22.1. The zero-order chi connectivity index (χ0) is 22.8. The van der Waals surface area contributed by atoms with E-state index in [1.165, 1.54) is 5.56 Å². The number of piperidine rings is 1. The summed E-state index contributed by atoms with van der Waals surface area (Å²) in [5, 5.41) is 3.06. The predicted octanol–water partition coefficient (Wildman–Crippen LogP) is 3.70. The largest absolute Gasteiger partial charge is 0.496 e. The highest BCUT2D eigenvalue weighted by Crippen LogP contribution is 2.39. The van der Waals surface area contributed by atoms with Gasteiger partial charge < -0.3 is 14.8 Å². The number of methoxy groups -OCH3 is 1. The number of rotatable bonds is 6. The van der Waals surface area contributed by atoms with Gasteiger partial charge in [0.15, 0.2) is 5.78 Å². The number of Topliss-reactive ketones (excluding diaryl/α,β-unsaturated/α-hetero) is 1. The molecule has 2 aromatic rings. The molecular formula is C27H32N2O4. The third-order valence-corrected chi connectivity index (χ3v) is 7.54. The minimum atomic E-state index is -0.373. The summed E-state index contributed by atoms with van der Waals surface area (Å²) in [5.41, 5.74) is 2.69. The molecule has 0 aromatic heterocycles. The molecule has 0 saturated carbocycles. The van der Waals surface area contributed by atoms with Gasteiger partial charge in [0.25, 0.3) is 0 Å². The Morgan fingerprint density at radius 2 is 1.88 bits per heavy atom. The second-order valence-corrected chi connectivity index (χ2v) is 9.56. The molecule has 2 heterocycles. The minimum absolute atomic E-state index is 0.0436. The van der Waals surface area contributed by atoms with Crippen LogP contribution in [0.25, 0.3) is 0 Å². The van der Waals surface area contributed by atoms with Crippen molar-refractivity contribution in [3.63, 3.8) is 0 Å². The SMILES string of the molecule is COc1ccccc1CN1CCC2(CC[C@H](CNC(=O)[C@H]3CC(=O)c4ccccc43)O2)CC1. The van der Waals surface area contributed by atoms with Crippen LogP contribution in [-0.4, -0.2) is 55.0 Å². The van der Waals surface area contributed by atoms with E-state index >= 15 is 0 Å². The molecule has 0 radical (unpaired) electrons. The molecule has 0 unspecified atom stereocenters. The van der Waals surface area contributed by atoms with E-state index < -0.39 is 0 Å². The molecule has 174 valence electrons. The molecule has 1 amide bonds. The number of benzene rings is 2. The van der Waals surface area contributed by atoms with E-state index in [-0.39, 0.29) is 35.7 Å². The van der Waals surface area contributed by atoms with Crippen LogP contribution in [0.5, 0.6) is 5.75 Å². The molecule has 1 aliphatic carbocycles. The highest BCUT2D eigenvalue weighted by Gasteiger charge is 2.43. The highest BCUT2D eigenvalue weighted by molar-refractivity contribution is 6.06. The lowest BCUT2D eigenvalue weighted by atomic mass is 9.88. The average Bonchev–Trinajstić information content (AvgIpc) is 3.41. The Morgan fingerprint density at radius 3 is 2.70 bits per heavy atom. The molecule has 2 saturated heterocycles. The molecule has 2 aromatic carbocycles. The first-order chi connectivity index (χ1) is 16.1. The maximum atomic E-state index is 12.8. The van der Waals surface area contributed by atoms with Crippen molar-refractivity contribution in [2.75, 3.05) is 26.7 Å². The minimum Gasteiger partial charge on any atom is -0.496 e. The Hall–Kier alpha value is -2.70. The van der Waals surface area contributed by atoms with Crippen LogP contribution in [0.1, 0.15) is 59.5 Å². The molecule has 3 aliphatic rings. The number of hydrogen-bond acceptors (Lipinski definition) is 5. The smallest absolute Gasteiger partial charge is 0.228 e. The van der Waals surface area contributed by atoms with Gasteiger partial charge in [-0.3, -0.25) is 14.5 Å². The lowest BCUT2D eigenvalue weighted by molar-refractivity contribution is -0.124. The summed E-state index contributed by atoms with van der Waals surface area (Å²) in [6.45, 7) is 3.40. The van der Waals surface area contributed by atoms with Crippen molar-refractivity contribution in [2.45, 2.75) is 56.3 Å². The number of carbonyl (C=O) groups is 2. The van der Waals surface area contributed by atoms with E-state index in [9.17, 15) is 9.59 Å². The van der Waals surface area contributed by atoms with E-state index in [4.69, 9.17) is 9.47 Å². The summed E-state index contributed by atoms with van der Waals surface area (Å²) in [6.07, 6.45) is 4.34. The molecule has 1 spiro atoms. The van der Waals surface area contributed by atoms with Gasteiger partial charge in [-0.2, -0.15) is 0 Å². The average molecular weight is 449 g/mol. The van der Waals surface area contributed by atoms with Gasteiger partial charge in [0, 0.05) is 43.7 Å². The van der Waals surface area contributed by atoms with E-state index in [2.05, 4.69) is 22.3 Å². The summed E-state index contributed by atoms with van der Waals surface area (Å²) < 4.78 is 12.0. The van der Waals surface area contributed by atoms with Gasteiger partial charge in [-0.1, -0.05) is 42.5 Å². The first-order valence-electron chi connectivity index (χ1n) is 12.0. The van der Waals surface area contributed by atoms with Gasteiger partial charge >= 0.3 is 0 Å². The molecule has 6 heteroatoms. The second-order valence-electron chi connectivity index (χ2n) is 9.56. The zero-order valence-corrected chi connectivity index (χ0v) is 19.2. The summed E-state index contributed by atoms with van der Waals surface area (Å²) >= 11 is 0. The molecule has 2 atom stereocenters. The van der Waals surface area contributed by atoms with Crippen LogP contribution in [0.2, 0.25) is 0 Å². The molecule has 0 bridgehead atoms. The number of amides is 1. The fourth-order valence-corrected chi connectivity index (χ4v) is 5.63. The van der Waals surface area contributed by atoms with Crippen LogP contribution in [0.4, 0.5) is 0 Å². The standard InChI is InChI=1S/C27H32N2O4/c1-32-25-9-5-2-6-19(25)18-29-14-12-27(13-15-29)11-10-20(33-27)17-28-26(31)23-16-24(30)22-8-4-3-7-21(22)23/h2-9,20,23H,10-18H2,1H3,(H,28,31)/t20-,23+/m1/s1. The predicted molar refractivity (Wildman–Crippen MR) is 125 cm³/mol. The van der Waals surface area contributed by atoms with E-state index in [1.54, 1.807) is 7.11 Å². The topological polar surface area (TPSA) is 67.9 Å². The van der Waals surface area contributed by atoms with E-state index in [0.717, 1.165) is 56.6 Å². The number of nitrogens with one attached hydrogen (secondary N) is 1. The molecule has 5 rings (SSSR count). The third-order valence-electron chi connectivity index (χ3n) is 7.54. The van der Waals surface area contributed by atoms with Gasteiger partial charge in [-0.15, -0.1) is 0 Å². The highest BCUT2D eigenvalue weighted by atomic mass is 16.5. The normalized spacial score (nSPS) is 24.1. The molecule has 2 fully saturated rings. The molecular weight excluding hydrogens is 416 g/mol. The number of likely N-dealkylation sites (tertiary alicyclic amines) is 1. The Kier molecular flexibility index (Phi) is 6.21. The fraction of sp³-hybridized carbons (Fsp3) is 0.481. The van der Waals surface area contributed by atoms with Crippen LogP contribution in [0.3, 0.4) is 0 Å². The number of fused-ring (bicyclic) bond motifs is 1. The van der Waals surface area contributed by atoms with Crippen LogP contribution in [0, 0.1) is 0 Å². The van der Waals surface area contributed by atoms with Crippen molar-refractivity contribution in [1.82, 2.24) is 10.2 Å². The Morgan fingerprint density at radius 1 is 1.12 bits per heavy atom. The lowest BCUT2D eigenvalue weighted by Crippen LogP contribution is -2.45. The van der Waals surface area contributed by atoms with Crippen LogP contribution < -0.4 is 10.1 Å². The van der Waals surface area contributed by atoms with Crippen LogP contribution >= 0.6 is 0 Å². The van der Waals surface area contributed by atoms with Crippen LogP contribution in [0.15, 0.2) is 48.5 Å². The summed E-state index contributed by atoms with van der Waals surface area (Å²) in [6, 6.07) is 15.7. The second kappa shape index (κ2) is 9.27. The first-order valence-corrected chi connectivity index (χ1v) is 12.0. The van der Waals surface area contributed by atoms with Crippen molar-refractivity contribution >= 4 is 11.7 Å². The van der Waals surface area contributed by atoms with Crippen LogP contribution in [-0.2, 0) is 16.1 Å². The fourth-order valence-electron chi connectivity index (χ4n) is 5.63. The molecule has 2 aliphatic heterocycles. The van der Waals surface area contributed by atoms with Gasteiger partial charge in [0.1, 0.15) is 5.75 Å². The third kappa shape index (κ3) is 4.55. The maximum absolute atomic E-state index is 12.8. The molecule has 1 N–H and O–H groups in total.